The first-order valence-electron chi connectivity index (χ1n) is 7.21. The fraction of sp³-hybridized carbons (Fsp3) is 0.118. The molecule has 5 heteroatoms. The molecule has 0 fully saturated rings. The topological polar surface area (TPSA) is 46.0 Å². The van der Waals surface area contributed by atoms with Gasteiger partial charge in [-0.1, -0.05) is 42.5 Å². The summed E-state index contributed by atoms with van der Waals surface area (Å²) in [6.07, 6.45) is 1.79. The van der Waals surface area contributed by atoms with Gasteiger partial charge < -0.3 is 0 Å². The zero-order valence-corrected chi connectivity index (χ0v) is 12.7. The van der Waals surface area contributed by atoms with Crippen LogP contribution in [0, 0.1) is 4.77 Å². The number of nitrogens with zero attached hydrogens (tertiary/aromatic N) is 3. The van der Waals surface area contributed by atoms with Crippen molar-refractivity contribution in [3.8, 4) is 0 Å². The molecule has 4 nitrogen and oxygen atoms in total. The van der Waals surface area contributed by atoms with E-state index in [0.29, 0.717) is 4.77 Å². The average Bonchev–Trinajstić information content (AvgIpc) is 2.99. The molecule has 0 aliphatic carbocycles. The number of aromatic nitrogens is 4. The number of nitrogens with one attached hydrogen (secondary N) is 1. The summed E-state index contributed by atoms with van der Waals surface area (Å²) in [5.74, 6) is 0.924. The number of para-hydroxylation sites is 1. The molecule has 0 radical (unpaired) electrons. The van der Waals surface area contributed by atoms with Gasteiger partial charge in [0.25, 0.3) is 0 Å². The van der Waals surface area contributed by atoms with Gasteiger partial charge in [-0.25, -0.2) is 14.5 Å². The Morgan fingerprint density at radius 1 is 0.909 bits per heavy atom. The molecular weight excluding hydrogens is 292 g/mol. The van der Waals surface area contributed by atoms with Gasteiger partial charge >= 0.3 is 0 Å². The Bertz CT molecular complexity index is 1000. The fourth-order valence-corrected chi connectivity index (χ4v) is 2.87. The van der Waals surface area contributed by atoms with Crippen LogP contribution in [0.15, 0.2) is 54.6 Å². The Labute approximate surface area is 132 Å². The predicted molar refractivity (Wildman–Crippen MR) is 89.5 cm³/mol. The highest BCUT2D eigenvalue weighted by atomic mass is 32.1. The number of aryl methyl sites for hydroxylation is 2. The van der Waals surface area contributed by atoms with Crippen molar-refractivity contribution in [2.24, 2.45) is 0 Å². The summed E-state index contributed by atoms with van der Waals surface area (Å²) in [6, 6.07) is 18.3. The van der Waals surface area contributed by atoms with Crippen molar-refractivity contribution in [1.29, 1.82) is 0 Å². The Kier molecular flexibility index (Phi) is 3.20. The SMILES string of the molecule is S=c1nc2ccccc2c2nc(CCc3ccccc3)[nH]n12. The summed E-state index contributed by atoms with van der Waals surface area (Å²) in [5, 5.41) is 4.28. The van der Waals surface area contributed by atoms with E-state index < -0.39 is 0 Å². The van der Waals surface area contributed by atoms with Crippen molar-refractivity contribution in [3.05, 3.63) is 70.8 Å². The van der Waals surface area contributed by atoms with Gasteiger partial charge in [0.05, 0.1) is 5.52 Å². The van der Waals surface area contributed by atoms with Gasteiger partial charge in [-0.3, -0.25) is 5.10 Å². The molecule has 1 N–H and O–H groups in total. The minimum atomic E-state index is 0.507. The first kappa shape index (κ1) is 13.2. The van der Waals surface area contributed by atoms with Gasteiger partial charge in [0.1, 0.15) is 5.82 Å². The summed E-state index contributed by atoms with van der Waals surface area (Å²) in [5.41, 5.74) is 3.03. The summed E-state index contributed by atoms with van der Waals surface area (Å²) in [4.78, 5) is 9.16. The highest BCUT2D eigenvalue weighted by Crippen LogP contribution is 2.17. The molecule has 0 atom stereocenters. The van der Waals surface area contributed by atoms with E-state index in [2.05, 4.69) is 34.3 Å². The fourth-order valence-electron chi connectivity index (χ4n) is 2.64. The van der Waals surface area contributed by atoms with Gasteiger partial charge in [0.2, 0.25) is 4.77 Å². The molecule has 2 aromatic carbocycles. The third kappa shape index (κ3) is 2.29. The summed E-state index contributed by atoms with van der Waals surface area (Å²) in [6.45, 7) is 0. The van der Waals surface area contributed by atoms with Crippen molar-refractivity contribution in [3.63, 3.8) is 0 Å². The van der Waals surface area contributed by atoms with Crippen LogP contribution >= 0.6 is 12.2 Å². The van der Waals surface area contributed by atoms with Crippen LogP contribution < -0.4 is 0 Å². The monoisotopic (exact) mass is 306 g/mol. The maximum Gasteiger partial charge on any atom is 0.221 e. The number of hydrogen-bond donors (Lipinski definition) is 1. The molecule has 0 spiro atoms. The summed E-state index contributed by atoms with van der Waals surface area (Å²) < 4.78 is 2.30. The minimum Gasteiger partial charge on any atom is -0.277 e. The Morgan fingerprint density at radius 3 is 2.55 bits per heavy atom. The molecule has 0 saturated carbocycles. The highest BCUT2D eigenvalue weighted by molar-refractivity contribution is 7.71. The zero-order valence-electron chi connectivity index (χ0n) is 11.9. The van der Waals surface area contributed by atoms with E-state index in [9.17, 15) is 0 Å². The van der Waals surface area contributed by atoms with Gasteiger partial charge in [0.15, 0.2) is 5.65 Å². The largest absolute Gasteiger partial charge is 0.277 e. The van der Waals surface area contributed by atoms with E-state index in [0.717, 1.165) is 35.2 Å². The molecule has 0 saturated heterocycles. The highest BCUT2D eigenvalue weighted by Gasteiger charge is 2.08. The van der Waals surface area contributed by atoms with E-state index in [4.69, 9.17) is 17.2 Å². The van der Waals surface area contributed by atoms with Gasteiger partial charge in [-0.05, 0) is 36.3 Å². The normalized spacial score (nSPS) is 11.3. The molecule has 4 rings (SSSR count). The maximum absolute atomic E-state index is 5.35. The van der Waals surface area contributed by atoms with Crippen LogP contribution in [0.4, 0.5) is 0 Å². The molecule has 0 aliphatic rings. The number of benzene rings is 2. The molecule has 2 heterocycles. The van der Waals surface area contributed by atoms with E-state index in [-0.39, 0.29) is 0 Å². The van der Waals surface area contributed by atoms with Gasteiger partial charge in [0, 0.05) is 11.8 Å². The molecule has 0 amide bonds. The number of hydrogen-bond acceptors (Lipinski definition) is 3. The quantitative estimate of drug-likeness (QED) is 0.587. The predicted octanol–water partition coefficient (Wildman–Crippen LogP) is 3.73. The molecule has 108 valence electrons. The van der Waals surface area contributed by atoms with Crippen molar-refractivity contribution >= 4 is 28.8 Å². The van der Waals surface area contributed by atoms with E-state index >= 15 is 0 Å². The lowest BCUT2D eigenvalue weighted by molar-refractivity contribution is 0.823. The number of rotatable bonds is 3. The molecule has 0 unspecified atom stereocenters. The molecule has 2 aromatic heterocycles. The van der Waals surface area contributed by atoms with Crippen molar-refractivity contribution in [2.75, 3.05) is 0 Å². The molecular formula is C17H14N4S. The molecule has 4 aromatic rings. The second-order valence-corrected chi connectivity index (χ2v) is 5.59. The maximum atomic E-state index is 5.35. The van der Waals surface area contributed by atoms with E-state index in [1.807, 2.05) is 30.3 Å². The van der Waals surface area contributed by atoms with Gasteiger partial charge in [-0.2, -0.15) is 0 Å². The number of H-pyrrole nitrogens is 1. The van der Waals surface area contributed by atoms with Crippen LogP contribution in [0.2, 0.25) is 0 Å². The van der Waals surface area contributed by atoms with E-state index in [1.165, 1.54) is 5.56 Å². The Balaban J connectivity index is 1.75. The van der Waals surface area contributed by atoms with Crippen LogP contribution in [0.5, 0.6) is 0 Å². The van der Waals surface area contributed by atoms with Crippen molar-refractivity contribution < 1.29 is 0 Å². The minimum absolute atomic E-state index is 0.507. The van der Waals surface area contributed by atoms with E-state index in [1.54, 1.807) is 4.52 Å². The third-order valence-electron chi connectivity index (χ3n) is 3.74. The van der Waals surface area contributed by atoms with Crippen molar-refractivity contribution in [2.45, 2.75) is 12.8 Å². The summed E-state index contributed by atoms with van der Waals surface area (Å²) >= 11 is 5.35. The van der Waals surface area contributed by atoms with Crippen LogP contribution in [-0.2, 0) is 12.8 Å². The first-order chi connectivity index (χ1) is 10.8. The second kappa shape index (κ2) is 5.35. The molecule has 0 bridgehead atoms. The third-order valence-corrected chi connectivity index (χ3v) is 4.01. The first-order valence-corrected chi connectivity index (χ1v) is 7.62. The standard InChI is InChI=1S/C17H14N4S/c22-17-18-14-9-5-4-8-13(14)16-19-15(20-21(16)17)11-10-12-6-2-1-3-7-12/h1-9H,10-11H2,(H,19,20). The van der Waals surface area contributed by atoms with Crippen LogP contribution in [0.25, 0.3) is 16.6 Å². The van der Waals surface area contributed by atoms with Crippen LogP contribution in [-0.4, -0.2) is 19.6 Å². The lowest BCUT2D eigenvalue weighted by atomic mass is 10.1. The lowest BCUT2D eigenvalue weighted by Gasteiger charge is -1.98. The second-order valence-electron chi connectivity index (χ2n) is 5.23. The van der Waals surface area contributed by atoms with Crippen molar-refractivity contribution in [1.82, 2.24) is 19.6 Å². The smallest absolute Gasteiger partial charge is 0.221 e. The molecule has 0 aliphatic heterocycles. The van der Waals surface area contributed by atoms with Crippen LogP contribution in [0.1, 0.15) is 11.4 Å². The number of fused-ring (bicyclic) bond motifs is 3. The Hall–Kier alpha value is -2.53. The average molecular weight is 306 g/mol. The number of aromatic amines is 1. The summed E-state index contributed by atoms with van der Waals surface area (Å²) in [7, 11) is 0. The van der Waals surface area contributed by atoms with Crippen LogP contribution in [0.3, 0.4) is 0 Å². The van der Waals surface area contributed by atoms with Gasteiger partial charge in [-0.15, -0.1) is 0 Å². The lowest BCUT2D eigenvalue weighted by Crippen LogP contribution is -1.96. The molecule has 22 heavy (non-hydrogen) atoms. The zero-order chi connectivity index (χ0) is 14.9. The Morgan fingerprint density at radius 2 is 1.68 bits per heavy atom.